The summed E-state index contributed by atoms with van der Waals surface area (Å²) in [4.78, 5) is 0. The van der Waals surface area contributed by atoms with Crippen molar-refractivity contribution in [1.29, 1.82) is 0 Å². The van der Waals surface area contributed by atoms with E-state index in [9.17, 15) is 10.2 Å². The average Bonchev–Trinajstić information content (AvgIpc) is 2.86. The first kappa shape index (κ1) is 9.34. The van der Waals surface area contributed by atoms with E-state index in [1.165, 1.54) is 0 Å². The van der Waals surface area contributed by atoms with E-state index < -0.39 is 0 Å². The van der Waals surface area contributed by atoms with Gasteiger partial charge in [0.25, 0.3) is 0 Å². The van der Waals surface area contributed by atoms with Crippen molar-refractivity contribution in [3.8, 4) is 11.5 Å². The summed E-state index contributed by atoms with van der Waals surface area (Å²) < 4.78 is 0. The van der Waals surface area contributed by atoms with Gasteiger partial charge in [-0.1, -0.05) is 12.1 Å². The first-order chi connectivity index (χ1) is 6.52. The molecule has 0 atom stereocenters. The van der Waals surface area contributed by atoms with Crippen LogP contribution in [0.5, 0.6) is 11.5 Å². The second-order valence-electron chi connectivity index (χ2n) is 4.28. The number of rotatable bonds is 2. The van der Waals surface area contributed by atoms with Gasteiger partial charge in [0.2, 0.25) is 0 Å². The highest BCUT2D eigenvalue weighted by Gasteiger charge is 2.38. The lowest BCUT2D eigenvalue weighted by Gasteiger charge is -2.12. The minimum absolute atomic E-state index is 0.0123. The van der Waals surface area contributed by atoms with Crippen LogP contribution < -0.4 is 5.73 Å². The number of benzene rings is 1. The first-order valence-electron chi connectivity index (χ1n) is 4.81. The van der Waals surface area contributed by atoms with Gasteiger partial charge in [-0.25, -0.2) is 0 Å². The van der Waals surface area contributed by atoms with Crippen LogP contribution in [0.25, 0.3) is 0 Å². The number of phenols is 2. The molecular weight excluding hydrogens is 178 g/mol. The average molecular weight is 193 g/mol. The van der Waals surface area contributed by atoms with Gasteiger partial charge in [0.1, 0.15) is 0 Å². The summed E-state index contributed by atoms with van der Waals surface area (Å²) in [5.41, 5.74) is 7.23. The third-order valence-electron chi connectivity index (χ3n) is 2.87. The molecule has 0 heterocycles. The Bertz CT molecular complexity index is 370. The van der Waals surface area contributed by atoms with Gasteiger partial charge in [-0.05, 0) is 37.3 Å². The molecule has 1 aromatic carbocycles. The maximum Gasteiger partial charge on any atom is 0.161 e. The van der Waals surface area contributed by atoms with Crippen molar-refractivity contribution in [3.05, 3.63) is 23.3 Å². The fourth-order valence-electron chi connectivity index (χ4n) is 1.58. The molecule has 4 N–H and O–H groups in total. The SMILES string of the molecule is Cc1ccc(CC2(N)CC2)c(O)c1O. The van der Waals surface area contributed by atoms with Crippen molar-refractivity contribution in [1.82, 2.24) is 0 Å². The predicted molar refractivity (Wildman–Crippen MR) is 54.4 cm³/mol. The fourth-order valence-corrected chi connectivity index (χ4v) is 1.58. The van der Waals surface area contributed by atoms with Gasteiger partial charge < -0.3 is 15.9 Å². The van der Waals surface area contributed by atoms with Crippen LogP contribution in [-0.2, 0) is 6.42 Å². The molecule has 0 amide bonds. The van der Waals surface area contributed by atoms with E-state index in [2.05, 4.69) is 0 Å². The molecule has 3 heteroatoms. The van der Waals surface area contributed by atoms with Crippen molar-refractivity contribution in [2.75, 3.05) is 0 Å². The third-order valence-corrected chi connectivity index (χ3v) is 2.87. The standard InChI is InChI=1S/C11H15NO2/c1-7-2-3-8(10(14)9(7)13)6-11(12)4-5-11/h2-3,13-14H,4-6,12H2,1H3. The van der Waals surface area contributed by atoms with E-state index in [0.717, 1.165) is 18.4 Å². The summed E-state index contributed by atoms with van der Waals surface area (Å²) >= 11 is 0. The normalized spacial score (nSPS) is 18.1. The highest BCUT2D eigenvalue weighted by molar-refractivity contribution is 5.50. The highest BCUT2D eigenvalue weighted by atomic mass is 16.3. The summed E-state index contributed by atoms with van der Waals surface area (Å²) in [6.07, 6.45) is 2.65. The van der Waals surface area contributed by atoms with Crippen molar-refractivity contribution in [2.45, 2.75) is 31.7 Å². The Morgan fingerprint density at radius 1 is 1.29 bits per heavy atom. The van der Waals surface area contributed by atoms with E-state index >= 15 is 0 Å². The van der Waals surface area contributed by atoms with Crippen molar-refractivity contribution in [3.63, 3.8) is 0 Å². The van der Waals surface area contributed by atoms with Crippen LogP contribution in [0, 0.1) is 6.92 Å². The maximum atomic E-state index is 9.66. The maximum absolute atomic E-state index is 9.66. The first-order valence-corrected chi connectivity index (χ1v) is 4.81. The van der Waals surface area contributed by atoms with Crippen molar-refractivity contribution < 1.29 is 10.2 Å². The van der Waals surface area contributed by atoms with Crippen LogP contribution in [0.4, 0.5) is 0 Å². The topological polar surface area (TPSA) is 66.5 Å². The summed E-state index contributed by atoms with van der Waals surface area (Å²) in [5, 5.41) is 19.2. The molecule has 0 aliphatic heterocycles. The Hall–Kier alpha value is -1.22. The van der Waals surface area contributed by atoms with Crippen LogP contribution in [0.1, 0.15) is 24.0 Å². The zero-order valence-electron chi connectivity index (χ0n) is 8.25. The van der Waals surface area contributed by atoms with Gasteiger partial charge >= 0.3 is 0 Å². The Labute approximate surface area is 83.2 Å². The number of phenolic OH excluding ortho intramolecular Hbond substituents is 2. The molecule has 0 bridgehead atoms. The molecule has 0 spiro atoms. The Balaban J connectivity index is 2.30. The van der Waals surface area contributed by atoms with Crippen molar-refractivity contribution >= 4 is 0 Å². The summed E-state index contributed by atoms with van der Waals surface area (Å²) in [5.74, 6) is -0.0338. The minimum Gasteiger partial charge on any atom is -0.504 e. The molecule has 0 aromatic heterocycles. The lowest BCUT2D eigenvalue weighted by molar-refractivity contribution is 0.395. The van der Waals surface area contributed by atoms with Gasteiger partial charge in [0, 0.05) is 5.54 Å². The van der Waals surface area contributed by atoms with Crippen LogP contribution in [0.2, 0.25) is 0 Å². The van der Waals surface area contributed by atoms with E-state index in [4.69, 9.17) is 5.73 Å². The molecular formula is C11H15NO2. The number of aryl methyl sites for hydroxylation is 1. The zero-order valence-corrected chi connectivity index (χ0v) is 8.25. The fraction of sp³-hybridized carbons (Fsp3) is 0.455. The summed E-state index contributed by atoms with van der Waals surface area (Å²) in [6, 6.07) is 3.63. The molecule has 2 rings (SSSR count). The van der Waals surface area contributed by atoms with Gasteiger partial charge in [0.15, 0.2) is 11.5 Å². The molecule has 0 saturated heterocycles. The van der Waals surface area contributed by atoms with Crippen LogP contribution in [-0.4, -0.2) is 15.8 Å². The molecule has 1 aromatic rings. The van der Waals surface area contributed by atoms with E-state index in [1.54, 1.807) is 13.0 Å². The monoisotopic (exact) mass is 193 g/mol. The minimum atomic E-state index is -0.140. The second kappa shape index (κ2) is 2.89. The Morgan fingerprint density at radius 2 is 1.93 bits per heavy atom. The van der Waals surface area contributed by atoms with Gasteiger partial charge in [-0.2, -0.15) is 0 Å². The third kappa shape index (κ3) is 1.55. The quantitative estimate of drug-likeness (QED) is 0.622. The Kier molecular flexibility index (Phi) is 1.93. The lowest BCUT2D eigenvalue weighted by atomic mass is 10.0. The molecule has 0 unspecified atom stereocenters. The highest BCUT2D eigenvalue weighted by Crippen LogP contribution is 2.40. The molecule has 14 heavy (non-hydrogen) atoms. The van der Waals surface area contributed by atoms with E-state index in [-0.39, 0.29) is 17.0 Å². The molecule has 3 nitrogen and oxygen atoms in total. The van der Waals surface area contributed by atoms with Crippen LogP contribution in [0.3, 0.4) is 0 Å². The molecule has 1 saturated carbocycles. The van der Waals surface area contributed by atoms with Crippen LogP contribution >= 0.6 is 0 Å². The summed E-state index contributed by atoms with van der Waals surface area (Å²) in [7, 11) is 0. The number of nitrogens with two attached hydrogens (primary N) is 1. The number of aromatic hydroxyl groups is 2. The predicted octanol–water partition coefficient (Wildman–Crippen LogP) is 1.44. The number of hydrogen-bond acceptors (Lipinski definition) is 3. The molecule has 1 fully saturated rings. The number of hydrogen-bond donors (Lipinski definition) is 3. The lowest BCUT2D eigenvalue weighted by Crippen LogP contribution is -2.24. The van der Waals surface area contributed by atoms with Gasteiger partial charge in [-0.15, -0.1) is 0 Å². The molecule has 1 aliphatic carbocycles. The molecule has 76 valence electrons. The molecule has 1 aliphatic rings. The zero-order chi connectivity index (χ0) is 10.3. The Morgan fingerprint density at radius 3 is 2.50 bits per heavy atom. The van der Waals surface area contributed by atoms with Crippen LogP contribution in [0.15, 0.2) is 12.1 Å². The molecule has 0 radical (unpaired) electrons. The van der Waals surface area contributed by atoms with Crippen molar-refractivity contribution in [2.24, 2.45) is 5.73 Å². The largest absolute Gasteiger partial charge is 0.504 e. The van der Waals surface area contributed by atoms with E-state index in [1.807, 2.05) is 6.07 Å². The second-order valence-corrected chi connectivity index (χ2v) is 4.28. The van der Waals surface area contributed by atoms with Gasteiger partial charge in [-0.3, -0.25) is 0 Å². The van der Waals surface area contributed by atoms with Gasteiger partial charge in [0.05, 0.1) is 0 Å². The van der Waals surface area contributed by atoms with E-state index in [0.29, 0.717) is 12.0 Å². The smallest absolute Gasteiger partial charge is 0.161 e. The summed E-state index contributed by atoms with van der Waals surface area (Å²) in [6.45, 7) is 1.76.